The monoisotopic (exact) mass is 373 g/mol. The Balaban J connectivity index is 1.66. The van der Waals surface area contributed by atoms with E-state index >= 15 is 0 Å². The Bertz CT molecular complexity index is 918. The van der Waals surface area contributed by atoms with E-state index in [9.17, 15) is 18.0 Å². The van der Waals surface area contributed by atoms with Crippen LogP contribution in [0.3, 0.4) is 0 Å². The first kappa shape index (κ1) is 17.9. The van der Waals surface area contributed by atoms with Crippen molar-refractivity contribution in [3.8, 4) is 0 Å². The third-order valence-electron chi connectivity index (χ3n) is 4.12. The Morgan fingerprint density at radius 1 is 0.923 bits per heavy atom. The summed E-state index contributed by atoms with van der Waals surface area (Å²) in [6.45, 7) is -0.197. The summed E-state index contributed by atoms with van der Waals surface area (Å²) in [4.78, 5) is 27.4. The number of rotatable bonds is 6. The molecule has 1 N–H and O–H groups in total. The Morgan fingerprint density at radius 2 is 1.46 bits per heavy atom. The van der Waals surface area contributed by atoms with Crippen molar-refractivity contribution in [3.05, 3.63) is 59.7 Å². The molecule has 1 heterocycles. The predicted molar refractivity (Wildman–Crippen MR) is 100.0 cm³/mol. The lowest BCUT2D eigenvalue weighted by Crippen LogP contribution is -2.35. The van der Waals surface area contributed by atoms with Gasteiger partial charge >= 0.3 is 0 Å². The van der Waals surface area contributed by atoms with Gasteiger partial charge in [0, 0.05) is 32.0 Å². The fourth-order valence-electron chi connectivity index (χ4n) is 2.71. The van der Waals surface area contributed by atoms with Crippen LogP contribution in [0.1, 0.15) is 20.7 Å². The molecule has 136 valence electrons. The molecule has 1 aliphatic heterocycles. The SMILES string of the molecule is CN(C)c1ccc(NS(=O)(=O)CCN2C(=O)c3ccccc3C2=O)cc1. The molecule has 0 unspecified atom stereocenters. The first-order valence-electron chi connectivity index (χ1n) is 8.01. The van der Waals surface area contributed by atoms with Gasteiger partial charge in [-0.2, -0.15) is 0 Å². The molecule has 2 amide bonds. The predicted octanol–water partition coefficient (Wildman–Crippen LogP) is 1.79. The van der Waals surface area contributed by atoms with Crippen LogP contribution < -0.4 is 9.62 Å². The summed E-state index contributed by atoms with van der Waals surface area (Å²) in [6.07, 6.45) is 0. The molecule has 0 aromatic heterocycles. The summed E-state index contributed by atoms with van der Waals surface area (Å²) in [5.41, 5.74) is 1.99. The van der Waals surface area contributed by atoms with Crippen molar-refractivity contribution in [3.63, 3.8) is 0 Å². The second-order valence-electron chi connectivity index (χ2n) is 6.17. The third-order valence-corrected chi connectivity index (χ3v) is 5.39. The largest absolute Gasteiger partial charge is 0.378 e. The zero-order valence-electron chi connectivity index (χ0n) is 14.5. The highest BCUT2D eigenvalue weighted by atomic mass is 32.2. The summed E-state index contributed by atoms with van der Waals surface area (Å²) in [6, 6.07) is 13.4. The van der Waals surface area contributed by atoms with E-state index in [1.165, 1.54) is 0 Å². The Morgan fingerprint density at radius 3 is 1.96 bits per heavy atom. The van der Waals surface area contributed by atoms with E-state index in [0.717, 1.165) is 10.6 Å². The Hall–Kier alpha value is -2.87. The number of hydrogen-bond donors (Lipinski definition) is 1. The van der Waals surface area contributed by atoms with Crippen LogP contribution in [0.15, 0.2) is 48.5 Å². The first-order chi connectivity index (χ1) is 12.3. The molecule has 2 aromatic rings. The molecule has 0 radical (unpaired) electrons. The fraction of sp³-hybridized carbons (Fsp3) is 0.222. The van der Waals surface area contributed by atoms with Crippen molar-refractivity contribution >= 4 is 33.2 Å². The lowest BCUT2D eigenvalue weighted by atomic mass is 10.1. The summed E-state index contributed by atoms with van der Waals surface area (Å²) >= 11 is 0. The molecule has 7 nitrogen and oxygen atoms in total. The van der Waals surface area contributed by atoms with Gasteiger partial charge in [0.15, 0.2) is 0 Å². The lowest BCUT2D eigenvalue weighted by Gasteiger charge is -2.15. The highest BCUT2D eigenvalue weighted by Crippen LogP contribution is 2.22. The van der Waals surface area contributed by atoms with Crippen molar-refractivity contribution in [1.29, 1.82) is 0 Å². The lowest BCUT2D eigenvalue weighted by molar-refractivity contribution is 0.0664. The van der Waals surface area contributed by atoms with Crippen molar-refractivity contribution in [2.45, 2.75) is 0 Å². The number of carbonyl (C=O) groups excluding carboxylic acids is 2. The topological polar surface area (TPSA) is 86.8 Å². The quantitative estimate of drug-likeness (QED) is 0.780. The van der Waals surface area contributed by atoms with Gasteiger partial charge in [-0.15, -0.1) is 0 Å². The summed E-state index contributed by atoms with van der Waals surface area (Å²) < 4.78 is 27.0. The molecule has 0 saturated carbocycles. The minimum Gasteiger partial charge on any atom is -0.378 e. The van der Waals surface area contributed by atoms with Gasteiger partial charge in [0.2, 0.25) is 10.0 Å². The zero-order chi connectivity index (χ0) is 18.9. The Kier molecular flexibility index (Phi) is 4.69. The third kappa shape index (κ3) is 3.55. The Labute approximate surface area is 152 Å². The van der Waals surface area contributed by atoms with E-state index in [1.807, 2.05) is 19.0 Å². The van der Waals surface area contributed by atoms with Crippen molar-refractivity contribution in [1.82, 2.24) is 4.90 Å². The van der Waals surface area contributed by atoms with Gasteiger partial charge in [-0.3, -0.25) is 19.2 Å². The molecule has 0 aliphatic carbocycles. The van der Waals surface area contributed by atoms with Gasteiger partial charge < -0.3 is 4.90 Å². The number of amides is 2. The second kappa shape index (κ2) is 6.80. The van der Waals surface area contributed by atoms with E-state index in [2.05, 4.69) is 4.72 Å². The minimum absolute atomic E-state index is 0.197. The van der Waals surface area contributed by atoms with Crippen LogP contribution >= 0.6 is 0 Å². The highest BCUT2D eigenvalue weighted by Gasteiger charge is 2.35. The molecule has 0 fully saturated rings. The van der Waals surface area contributed by atoms with Crippen LogP contribution in [0.4, 0.5) is 11.4 Å². The smallest absolute Gasteiger partial charge is 0.261 e. The molecule has 3 rings (SSSR count). The van der Waals surface area contributed by atoms with Gasteiger partial charge in [0.1, 0.15) is 0 Å². The van der Waals surface area contributed by atoms with Crippen LogP contribution in [0.5, 0.6) is 0 Å². The van der Waals surface area contributed by atoms with E-state index in [1.54, 1.807) is 48.5 Å². The number of imide groups is 1. The summed E-state index contributed by atoms with van der Waals surface area (Å²) in [5, 5.41) is 0. The van der Waals surface area contributed by atoms with Crippen LogP contribution in [0, 0.1) is 0 Å². The zero-order valence-corrected chi connectivity index (χ0v) is 15.3. The molecule has 8 heteroatoms. The van der Waals surface area contributed by atoms with Crippen molar-refractivity contribution in [2.75, 3.05) is 36.0 Å². The van der Waals surface area contributed by atoms with Crippen LogP contribution in [0.2, 0.25) is 0 Å². The number of nitrogens with zero attached hydrogens (tertiary/aromatic N) is 2. The molecule has 2 aromatic carbocycles. The minimum atomic E-state index is -3.70. The second-order valence-corrected chi connectivity index (χ2v) is 8.01. The first-order valence-corrected chi connectivity index (χ1v) is 9.67. The summed E-state index contributed by atoms with van der Waals surface area (Å²) in [5.74, 6) is -1.29. The van der Waals surface area contributed by atoms with Crippen LogP contribution in [-0.4, -0.2) is 51.5 Å². The van der Waals surface area contributed by atoms with E-state index < -0.39 is 21.8 Å². The molecular weight excluding hydrogens is 354 g/mol. The molecule has 26 heavy (non-hydrogen) atoms. The maximum Gasteiger partial charge on any atom is 0.261 e. The van der Waals surface area contributed by atoms with E-state index in [0.29, 0.717) is 16.8 Å². The van der Waals surface area contributed by atoms with Gasteiger partial charge in [0.05, 0.1) is 16.9 Å². The van der Waals surface area contributed by atoms with E-state index in [4.69, 9.17) is 0 Å². The average Bonchev–Trinajstić information content (AvgIpc) is 2.85. The number of anilines is 2. The standard InChI is InChI=1S/C18H19N3O4S/c1-20(2)14-9-7-13(8-10-14)19-26(24,25)12-11-21-17(22)15-5-3-4-6-16(15)18(21)23/h3-10,19H,11-12H2,1-2H3. The molecule has 0 atom stereocenters. The molecular formula is C18H19N3O4S. The molecule has 0 bridgehead atoms. The van der Waals surface area contributed by atoms with Crippen LogP contribution in [-0.2, 0) is 10.0 Å². The number of sulfonamides is 1. The molecule has 0 saturated heterocycles. The van der Waals surface area contributed by atoms with Gasteiger partial charge in [-0.1, -0.05) is 12.1 Å². The molecule has 1 aliphatic rings. The van der Waals surface area contributed by atoms with Crippen molar-refractivity contribution in [2.24, 2.45) is 0 Å². The van der Waals surface area contributed by atoms with Gasteiger partial charge in [0.25, 0.3) is 11.8 Å². The maximum atomic E-state index is 12.3. The normalized spacial score (nSPS) is 13.7. The van der Waals surface area contributed by atoms with Gasteiger partial charge in [-0.05, 0) is 36.4 Å². The number of fused-ring (bicyclic) bond motifs is 1. The average molecular weight is 373 g/mol. The maximum absolute atomic E-state index is 12.3. The number of hydrogen-bond acceptors (Lipinski definition) is 5. The fourth-order valence-corrected chi connectivity index (χ4v) is 3.73. The van der Waals surface area contributed by atoms with E-state index in [-0.39, 0.29) is 12.3 Å². The molecule has 0 spiro atoms. The number of benzene rings is 2. The van der Waals surface area contributed by atoms with Crippen molar-refractivity contribution < 1.29 is 18.0 Å². The van der Waals surface area contributed by atoms with Gasteiger partial charge in [-0.25, -0.2) is 8.42 Å². The number of carbonyl (C=O) groups is 2. The highest BCUT2D eigenvalue weighted by molar-refractivity contribution is 7.92. The summed E-state index contributed by atoms with van der Waals surface area (Å²) in [7, 11) is 0.0812. The van der Waals surface area contributed by atoms with Crippen LogP contribution in [0.25, 0.3) is 0 Å². The number of nitrogens with one attached hydrogen (secondary N) is 1.